The minimum absolute atomic E-state index is 0.167. The Morgan fingerprint density at radius 2 is 2.35 bits per heavy atom. The molecule has 3 nitrogen and oxygen atoms in total. The van der Waals surface area contributed by atoms with Gasteiger partial charge in [0.05, 0.1) is 5.02 Å². The molecule has 1 aliphatic heterocycles. The van der Waals surface area contributed by atoms with E-state index in [1.54, 1.807) is 18.2 Å². The zero-order valence-electron chi connectivity index (χ0n) is 9.55. The second-order valence-corrected chi connectivity index (χ2v) is 4.76. The summed E-state index contributed by atoms with van der Waals surface area (Å²) in [6.07, 6.45) is 0.998. The zero-order valence-corrected chi connectivity index (χ0v) is 10.3. The van der Waals surface area contributed by atoms with Crippen molar-refractivity contribution in [3.63, 3.8) is 0 Å². The number of halogens is 2. The molecule has 1 heterocycles. The Balaban J connectivity index is 1.84. The van der Waals surface area contributed by atoms with Crippen molar-refractivity contribution < 1.29 is 4.39 Å². The molecule has 94 valence electrons. The molecular formula is C12H17ClFN3. The number of benzene rings is 1. The summed E-state index contributed by atoms with van der Waals surface area (Å²) >= 11 is 5.71. The molecule has 4 N–H and O–H groups in total. The highest BCUT2D eigenvalue weighted by molar-refractivity contribution is 6.30. The first kappa shape index (κ1) is 12.8. The lowest BCUT2D eigenvalue weighted by molar-refractivity contribution is 0.488. The van der Waals surface area contributed by atoms with E-state index in [1.165, 1.54) is 0 Å². The smallest absolute Gasteiger partial charge is 0.146 e. The van der Waals surface area contributed by atoms with Gasteiger partial charge in [-0.05, 0) is 19.0 Å². The third kappa shape index (κ3) is 3.16. The first-order chi connectivity index (χ1) is 8.18. The molecule has 1 aromatic rings. The van der Waals surface area contributed by atoms with E-state index in [1.807, 2.05) is 0 Å². The van der Waals surface area contributed by atoms with Gasteiger partial charge in [-0.25, -0.2) is 4.39 Å². The molecule has 0 bridgehead atoms. The fraction of sp³-hybridized carbons (Fsp3) is 0.500. The van der Waals surface area contributed by atoms with E-state index in [4.69, 9.17) is 17.3 Å². The highest BCUT2D eigenvalue weighted by atomic mass is 35.5. The summed E-state index contributed by atoms with van der Waals surface area (Å²) in [4.78, 5) is 0. The molecule has 0 aromatic heterocycles. The van der Waals surface area contributed by atoms with Gasteiger partial charge in [-0.3, -0.25) is 0 Å². The standard InChI is InChI=1S/C12H17ClFN3/c13-9-3-1-2-8(12(9)14)6-16-7-11-10(15)4-5-17-11/h1-3,10-11,16-17H,4-7,15H2. The van der Waals surface area contributed by atoms with Crippen LogP contribution >= 0.6 is 11.6 Å². The molecule has 2 atom stereocenters. The Hall–Kier alpha value is -0.680. The van der Waals surface area contributed by atoms with Crippen LogP contribution in [0.15, 0.2) is 18.2 Å². The minimum atomic E-state index is -0.342. The van der Waals surface area contributed by atoms with Crippen molar-refractivity contribution in [3.8, 4) is 0 Å². The van der Waals surface area contributed by atoms with Crippen molar-refractivity contribution >= 4 is 11.6 Å². The predicted octanol–water partition coefficient (Wildman–Crippen LogP) is 1.26. The highest BCUT2D eigenvalue weighted by Crippen LogP contribution is 2.17. The molecule has 17 heavy (non-hydrogen) atoms. The summed E-state index contributed by atoms with van der Waals surface area (Å²) in [5, 5.41) is 6.68. The average Bonchev–Trinajstić information content (AvgIpc) is 2.71. The Morgan fingerprint density at radius 1 is 1.53 bits per heavy atom. The van der Waals surface area contributed by atoms with Crippen molar-refractivity contribution in [1.82, 2.24) is 10.6 Å². The predicted molar refractivity (Wildman–Crippen MR) is 67.5 cm³/mol. The molecular weight excluding hydrogens is 241 g/mol. The lowest BCUT2D eigenvalue weighted by Gasteiger charge is -2.16. The molecule has 1 aliphatic rings. The van der Waals surface area contributed by atoms with E-state index in [0.29, 0.717) is 12.1 Å². The third-order valence-corrected chi connectivity index (χ3v) is 3.40. The molecule has 0 radical (unpaired) electrons. The maximum atomic E-state index is 13.6. The van der Waals surface area contributed by atoms with Gasteiger partial charge < -0.3 is 16.4 Å². The Labute approximate surface area is 106 Å². The van der Waals surface area contributed by atoms with Gasteiger partial charge in [-0.1, -0.05) is 23.7 Å². The van der Waals surface area contributed by atoms with Crippen LogP contribution in [-0.4, -0.2) is 25.2 Å². The fourth-order valence-corrected chi connectivity index (χ4v) is 2.25. The highest BCUT2D eigenvalue weighted by Gasteiger charge is 2.22. The topological polar surface area (TPSA) is 50.1 Å². The van der Waals surface area contributed by atoms with Gasteiger partial charge in [-0.15, -0.1) is 0 Å². The first-order valence-corrected chi connectivity index (χ1v) is 6.19. The summed E-state index contributed by atoms with van der Waals surface area (Å²) in [7, 11) is 0. The van der Waals surface area contributed by atoms with Crippen LogP contribution in [0.5, 0.6) is 0 Å². The molecule has 0 amide bonds. The Bertz CT molecular complexity index is 386. The number of hydrogen-bond donors (Lipinski definition) is 3. The largest absolute Gasteiger partial charge is 0.326 e. The normalized spacial score (nSPS) is 24.2. The van der Waals surface area contributed by atoms with E-state index in [-0.39, 0.29) is 22.9 Å². The number of hydrogen-bond acceptors (Lipinski definition) is 3. The molecule has 1 fully saturated rings. The van der Waals surface area contributed by atoms with Crippen LogP contribution < -0.4 is 16.4 Å². The Morgan fingerprint density at radius 3 is 3.06 bits per heavy atom. The van der Waals surface area contributed by atoms with Crippen LogP contribution in [-0.2, 0) is 6.54 Å². The van der Waals surface area contributed by atoms with Gasteiger partial charge in [0.25, 0.3) is 0 Å². The molecule has 0 aliphatic carbocycles. The van der Waals surface area contributed by atoms with Gasteiger partial charge in [0, 0.05) is 30.7 Å². The van der Waals surface area contributed by atoms with Crippen molar-refractivity contribution in [1.29, 1.82) is 0 Å². The third-order valence-electron chi connectivity index (χ3n) is 3.11. The molecule has 1 saturated heterocycles. The van der Waals surface area contributed by atoms with Crippen molar-refractivity contribution in [3.05, 3.63) is 34.6 Å². The monoisotopic (exact) mass is 257 g/mol. The van der Waals surface area contributed by atoms with E-state index in [2.05, 4.69) is 10.6 Å². The fourth-order valence-electron chi connectivity index (χ4n) is 2.06. The second-order valence-electron chi connectivity index (χ2n) is 4.36. The molecule has 5 heteroatoms. The van der Waals surface area contributed by atoms with E-state index < -0.39 is 0 Å². The van der Waals surface area contributed by atoms with Crippen molar-refractivity contribution in [2.24, 2.45) is 5.73 Å². The van der Waals surface area contributed by atoms with E-state index in [9.17, 15) is 4.39 Å². The maximum absolute atomic E-state index is 13.6. The van der Waals surface area contributed by atoms with Crippen LogP contribution in [0.4, 0.5) is 4.39 Å². The molecule has 0 spiro atoms. The summed E-state index contributed by atoms with van der Waals surface area (Å²) in [5.41, 5.74) is 6.50. The lowest BCUT2D eigenvalue weighted by atomic mass is 10.1. The van der Waals surface area contributed by atoms with Crippen LogP contribution in [0, 0.1) is 5.82 Å². The number of nitrogens with one attached hydrogen (secondary N) is 2. The lowest BCUT2D eigenvalue weighted by Crippen LogP contribution is -2.43. The minimum Gasteiger partial charge on any atom is -0.326 e. The average molecular weight is 258 g/mol. The van der Waals surface area contributed by atoms with Gasteiger partial charge in [0.2, 0.25) is 0 Å². The summed E-state index contributed by atoms with van der Waals surface area (Å²) in [5.74, 6) is -0.342. The Kier molecular flexibility index (Phi) is 4.34. The van der Waals surface area contributed by atoms with Crippen LogP contribution in [0.3, 0.4) is 0 Å². The quantitative estimate of drug-likeness (QED) is 0.761. The van der Waals surface area contributed by atoms with Gasteiger partial charge in [-0.2, -0.15) is 0 Å². The molecule has 1 aromatic carbocycles. The van der Waals surface area contributed by atoms with E-state index in [0.717, 1.165) is 19.5 Å². The maximum Gasteiger partial charge on any atom is 0.146 e. The van der Waals surface area contributed by atoms with Gasteiger partial charge >= 0.3 is 0 Å². The van der Waals surface area contributed by atoms with Crippen LogP contribution in [0.25, 0.3) is 0 Å². The molecule has 2 rings (SSSR count). The molecule has 0 saturated carbocycles. The number of rotatable bonds is 4. The first-order valence-electron chi connectivity index (χ1n) is 5.81. The van der Waals surface area contributed by atoms with E-state index >= 15 is 0 Å². The second kappa shape index (κ2) is 5.78. The zero-order chi connectivity index (χ0) is 12.3. The SMILES string of the molecule is NC1CCNC1CNCc1cccc(Cl)c1F. The van der Waals surface area contributed by atoms with Crippen LogP contribution in [0.2, 0.25) is 5.02 Å². The number of nitrogens with two attached hydrogens (primary N) is 1. The summed E-state index contributed by atoms with van der Waals surface area (Å²) in [6, 6.07) is 5.50. The summed E-state index contributed by atoms with van der Waals surface area (Å²) in [6.45, 7) is 2.17. The molecule has 2 unspecified atom stereocenters. The van der Waals surface area contributed by atoms with Gasteiger partial charge in [0.1, 0.15) is 5.82 Å². The summed E-state index contributed by atoms with van der Waals surface area (Å²) < 4.78 is 13.6. The van der Waals surface area contributed by atoms with Gasteiger partial charge in [0.15, 0.2) is 0 Å². The van der Waals surface area contributed by atoms with Crippen molar-refractivity contribution in [2.75, 3.05) is 13.1 Å². The van der Waals surface area contributed by atoms with Crippen molar-refractivity contribution in [2.45, 2.75) is 25.0 Å². The van der Waals surface area contributed by atoms with Crippen LogP contribution in [0.1, 0.15) is 12.0 Å².